The third-order valence-corrected chi connectivity index (χ3v) is 3.95. The van der Waals surface area contributed by atoms with E-state index < -0.39 is 0 Å². The number of hydrogen-bond acceptors (Lipinski definition) is 2. The van der Waals surface area contributed by atoms with Gasteiger partial charge in [-0.1, -0.05) is 13.3 Å². The Morgan fingerprint density at radius 1 is 1.38 bits per heavy atom. The minimum absolute atomic E-state index is 0. The van der Waals surface area contributed by atoms with Crippen LogP contribution < -0.4 is 5.32 Å². The zero-order chi connectivity index (χ0) is 17.4. The van der Waals surface area contributed by atoms with Crippen molar-refractivity contribution >= 4 is 51.8 Å². The highest BCUT2D eigenvalue weighted by molar-refractivity contribution is 14.0. The number of nitrogens with zero attached hydrogens (tertiary/aromatic N) is 4. The number of carbonyl (C=O) groups excluding carboxylic acids is 1. The first-order valence-electron chi connectivity index (χ1n) is 7.85. The van der Waals surface area contributed by atoms with Gasteiger partial charge in [0.15, 0.2) is 5.96 Å². The van der Waals surface area contributed by atoms with Crippen LogP contribution in [0.5, 0.6) is 0 Å². The molecule has 0 aromatic carbocycles. The molecule has 0 saturated carbocycles. The van der Waals surface area contributed by atoms with E-state index in [1.807, 2.05) is 25.2 Å². The van der Waals surface area contributed by atoms with Gasteiger partial charge in [0.1, 0.15) is 6.54 Å². The van der Waals surface area contributed by atoms with E-state index in [2.05, 4.69) is 43.8 Å². The summed E-state index contributed by atoms with van der Waals surface area (Å²) in [5.74, 6) is 0.751. The van der Waals surface area contributed by atoms with Gasteiger partial charge >= 0.3 is 0 Å². The Kier molecular flexibility index (Phi) is 11.4. The number of nitrogens with one attached hydrogen (secondary N) is 1. The molecule has 1 heterocycles. The van der Waals surface area contributed by atoms with Crippen molar-refractivity contribution in [2.24, 2.45) is 12.0 Å². The molecule has 1 N–H and O–H groups in total. The van der Waals surface area contributed by atoms with Crippen molar-refractivity contribution in [1.82, 2.24) is 19.7 Å². The fraction of sp³-hybridized carbons (Fsp3) is 0.625. The Morgan fingerprint density at radius 3 is 2.54 bits per heavy atom. The lowest BCUT2D eigenvalue weighted by atomic mass is 10.3. The number of rotatable bonds is 7. The largest absolute Gasteiger partial charge is 0.356 e. The molecule has 0 fully saturated rings. The molecular formula is C16H29BrIN5O. The molecule has 0 radical (unpaired) electrons. The van der Waals surface area contributed by atoms with E-state index >= 15 is 0 Å². The number of amides is 1. The third-order valence-electron chi connectivity index (χ3n) is 3.51. The monoisotopic (exact) mass is 513 g/mol. The van der Waals surface area contributed by atoms with Crippen molar-refractivity contribution < 1.29 is 4.79 Å². The molecule has 0 aliphatic carbocycles. The van der Waals surface area contributed by atoms with Crippen molar-refractivity contribution in [3.8, 4) is 0 Å². The second-order valence-electron chi connectivity index (χ2n) is 5.82. The third kappa shape index (κ3) is 7.87. The summed E-state index contributed by atoms with van der Waals surface area (Å²) < 4.78 is 3.14. The summed E-state index contributed by atoms with van der Waals surface area (Å²) in [5, 5.41) is 3.35. The quantitative estimate of drug-likeness (QED) is 0.264. The van der Waals surface area contributed by atoms with Gasteiger partial charge in [0, 0.05) is 51.1 Å². The second kappa shape index (κ2) is 11.7. The highest BCUT2D eigenvalue weighted by Gasteiger charge is 2.11. The number of carbonyl (C=O) groups is 1. The molecule has 1 amide bonds. The van der Waals surface area contributed by atoms with Crippen molar-refractivity contribution in [3.63, 3.8) is 0 Å². The first-order valence-corrected chi connectivity index (χ1v) is 8.64. The molecule has 0 aliphatic heterocycles. The molecule has 0 saturated heterocycles. The molecule has 0 bridgehead atoms. The van der Waals surface area contributed by atoms with E-state index in [1.54, 1.807) is 19.0 Å². The number of likely N-dealkylation sites (N-methyl/N-ethyl adjacent to an activating group) is 1. The molecule has 0 unspecified atom stereocenters. The van der Waals surface area contributed by atoms with Crippen LogP contribution in [-0.2, 0) is 18.4 Å². The smallest absolute Gasteiger partial charge is 0.243 e. The second-order valence-corrected chi connectivity index (χ2v) is 6.74. The predicted molar refractivity (Wildman–Crippen MR) is 114 cm³/mol. The van der Waals surface area contributed by atoms with Crippen LogP contribution in [0.1, 0.15) is 25.5 Å². The van der Waals surface area contributed by atoms with E-state index in [9.17, 15) is 4.79 Å². The van der Waals surface area contributed by atoms with Crippen molar-refractivity contribution in [2.45, 2.75) is 26.3 Å². The summed E-state index contributed by atoms with van der Waals surface area (Å²) in [6, 6.07) is 2.09. The number of aromatic nitrogens is 1. The van der Waals surface area contributed by atoms with Crippen LogP contribution in [-0.4, -0.2) is 60.5 Å². The maximum atomic E-state index is 11.8. The average Bonchev–Trinajstić information content (AvgIpc) is 2.79. The Hall–Kier alpha value is -0.770. The minimum Gasteiger partial charge on any atom is -0.356 e. The summed E-state index contributed by atoms with van der Waals surface area (Å²) >= 11 is 3.49. The normalized spacial score (nSPS) is 11.0. The van der Waals surface area contributed by atoms with Crippen molar-refractivity contribution in [3.05, 3.63) is 22.4 Å². The van der Waals surface area contributed by atoms with E-state index in [4.69, 9.17) is 0 Å². The number of aliphatic imine (C=N–C) groups is 1. The van der Waals surface area contributed by atoms with Gasteiger partial charge in [-0.05, 0) is 28.4 Å². The number of hydrogen-bond donors (Lipinski definition) is 1. The molecule has 0 aliphatic rings. The Morgan fingerprint density at radius 2 is 2.04 bits per heavy atom. The van der Waals surface area contributed by atoms with Gasteiger partial charge in [-0.25, -0.2) is 4.99 Å². The lowest BCUT2D eigenvalue weighted by Gasteiger charge is -2.23. The topological polar surface area (TPSA) is 52.9 Å². The molecule has 0 atom stereocenters. The fourth-order valence-electron chi connectivity index (χ4n) is 2.01. The standard InChI is InChI=1S/C16H28BrN5O.HI/c1-6-7-8-18-16(19-10-15(23)20(2)3)22(5)12-14-9-13(17)11-21(14)4;/h9,11H,6-8,10,12H2,1-5H3,(H,18,19);1H. The number of unbranched alkanes of at least 4 members (excludes halogenated alkanes) is 1. The Labute approximate surface area is 170 Å². The minimum atomic E-state index is -0.00481. The lowest BCUT2D eigenvalue weighted by Crippen LogP contribution is -2.40. The zero-order valence-corrected chi connectivity index (χ0v) is 19.1. The predicted octanol–water partition coefficient (Wildman–Crippen LogP) is 2.67. The fourth-order valence-corrected chi connectivity index (χ4v) is 2.59. The molecule has 1 rings (SSSR count). The zero-order valence-electron chi connectivity index (χ0n) is 15.2. The van der Waals surface area contributed by atoms with E-state index in [0.717, 1.165) is 36.4 Å². The number of halogens is 2. The molecule has 24 heavy (non-hydrogen) atoms. The number of guanidine groups is 1. The SMILES string of the molecule is CCCCNC(=NCC(=O)N(C)C)N(C)Cc1cc(Br)cn1C.I. The van der Waals surface area contributed by atoms with Gasteiger partial charge in [-0.3, -0.25) is 4.79 Å². The molecule has 8 heteroatoms. The molecule has 1 aromatic rings. The summed E-state index contributed by atoms with van der Waals surface area (Å²) in [4.78, 5) is 19.8. The van der Waals surface area contributed by atoms with Gasteiger partial charge in [0.05, 0.1) is 6.54 Å². The van der Waals surface area contributed by atoms with E-state index in [1.165, 1.54) is 5.69 Å². The summed E-state index contributed by atoms with van der Waals surface area (Å²) in [5.41, 5.74) is 1.17. The van der Waals surface area contributed by atoms with Crippen LogP contribution in [0.25, 0.3) is 0 Å². The van der Waals surface area contributed by atoms with Gasteiger partial charge in [0.2, 0.25) is 5.91 Å². The van der Waals surface area contributed by atoms with Crippen molar-refractivity contribution in [2.75, 3.05) is 34.2 Å². The van der Waals surface area contributed by atoms with E-state index in [-0.39, 0.29) is 36.4 Å². The molecule has 1 aromatic heterocycles. The molecule has 0 spiro atoms. The maximum absolute atomic E-state index is 11.8. The lowest BCUT2D eigenvalue weighted by molar-refractivity contribution is -0.127. The summed E-state index contributed by atoms with van der Waals surface area (Å²) in [7, 11) is 7.49. The van der Waals surface area contributed by atoms with Crippen LogP contribution in [0, 0.1) is 0 Å². The van der Waals surface area contributed by atoms with Gasteiger partial charge in [-0.15, -0.1) is 24.0 Å². The van der Waals surface area contributed by atoms with Gasteiger partial charge in [-0.2, -0.15) is 0 Å². The highest BCUT2D eigenvalue weighted by Crippen LogP contribution is 2.15. The van der Waals surface area contributed by atoms with Crippen LogP contribution in [0.3, 0.4) is 0 Å². The van der Waals surface area contributed by atoms with Crippen molar-refractivity contribution in [1.29, 1.82) is 0 Å². The molecule has 6 nitrogen and oxygen atoms in total. The summed E-state index contributed by atoms with van der Waals surface area (Å²) in [6.45, 7) is 3.88. The van der Waals surface area contributed by atoms with Gasteiger partial charge < -0.3 is 19.7 Å². The number of aryl methyl sites for hydroxylation is 1. The first-order chi connectivity index (χ1) is 10.8. The average molecular weight is 514 g/mol. The molecular weight excluding hydrogens is 485 g/mol. The van der Waals surface area contributed by atoms with Gasteiger partial charge in [0.25, 0.3) is 0 Å². The van der Waals surface area contributed by atoms with Crippen LogP contribution in [0.2, 0.25) is 0 Å². The van der Waals surface area contributed by atoms with Crippen LogP contribution in [0.15, 0.2) is 21.7 Å². The first kappa shape index (κ1) is 23.2. The van der Waals surface area contributed by atoms with E-state index in [0.29, 0.717) is 0 Å². The highest BCUT2D eigenvalue weighted by atomic mass is 127. The maximum Gasteiger partial charge on any atom is 0.243 e. The van der Waals surface area contributed by atoms with Crippen LogP contribution in [0.4, 0.5) is 0 Å². The Balaban J connectivity index is 0.00000529. The van der Waals surface area contributed by atoms with Crippen LogP contribution >= 0.6 is 39.9 Å². The Bertz CT molecular complexity index is 545. The summed E-state index contributed by atoms with van der Waals surface area (Å²) in [6.07, 6.45) is 4.22. The molecule has 138 valence electrons.